The van der Waals surface area contributed by atoms with Crippen molar-refractivity contribution >= 4 is 0 Å². The largest absolute Gasteiger partial charge is 0.388 e. The van der Waals surface area contributed by atoms with Gasteiger partial charge in [0.2, 0.25) is 0 Å². The van der Waals surface area contributed by atoms with Crippen molar-refractivity contribution in [1.82, 2.24) is 0 Å². The monoisotopic (exact) mass is 211 g/mol. The summed E-state index contributed by atoms with van der Waals surface area (Å²) in [4.78, 5) is 0. The highest BCUT2D eigenvalue weighted by Gasteiger charge is 2.48. The normalized spacial score (nSPS) is 36.2. The topological polar surface area (TPSA) is 46.2 Å². The number of hydrogen-bond acceptors (Lipinski definition) is 2. The Balaban J connectivity index is 2.00. The molecular weight excluding hydrogens is 186 g/mol. The molecular formula is C13H25NO. The van der Waals surface area contributed by atoms with Crippen LogP contribution >= 0.6 is 0 Å². The van der Waals surface area contributed by atoms with E-state index < -0.39 is 5.60 Å². The van der Waals surface area contributed by atoms with Gasteiger partial charge in [-0.05, 0) is 43.4 Å². The predicted molar refractivity (Wildman–Crippen MR) is 62.5 cm³/mol. The molecule has 0 aromatic carbocycles. The molecule has 2 saturated carbocycles. The Morgan fingerprint density at radius 3 is 2.47 bits per heavy atom. The van der Waals surface area contributed by atoms with Crippen molar-refractivity contribution in [3.8, 4) is 0 Å². The summed E-state index contributed by atoms with van der Waals surface area (Å²) in [5, 5.41) is 10.7. The molecule has 15 heavy (non-hydrogen) atoms. The smallest absolute Gasteiger partial charge is 0.0825 e. The van der Waals surface area contributed by atoms with Crippen LogP contribution in [0.4, 0.5) is 0 Å². The SMILES string of the molecule is CCC1CCCC(C(O)(CN)C2CC2)C1. The van der Waals surface area contributed by atoms with Crippen LogP contribution in [0.15, 0.2) is 0 Å². The van der Waals surface area contributed by atoms with E-state index in [-0.39, 0.29) is 0 Å². The standard InChI is InChI=1S/C13H25NO/c1-2-10-4-3-5-12(8-10)13(15,9-14)11-6-7-11/h10-12,15H,2-9,14H2,1H3. The molecule has 0 saturated heterocycles. The van der Waals surface area contributed by atoms with Crippen LogP contribution in [0.3, 0.4) is 0 Å². The summed E-state index contributed by atoms with van der Waals surface area (Å²) in [5.74, 6) is 1.83. The van der Waals surface area contributed by atoms with Crippen LogP contribution in [0.2, 0.25) is 0 Å². The number of nitrogens with two attached hydrogens (primary N) is 1. The Hall–Kier alpha value is -0.0800. The van der Waals surface area contributed by atoms with Gasteiger partial charge in [0.15, 0.2) is 0 Å². The second kappa shape index (κ2) is 4.42. The van der Waals surface area contributed by atoms with Crippen LogP contribution in [0.25, 0.3) is 0 Å². The van der Waals surface area contributed by atoms with E-state index in [4.69, 9.17) is 5.73 Å². The van der Waals surface area contributed by atoms with E-state index in [1.807, 2.05) is 0 Å². The first-order chi connectivity index (χ1) is 7.20. The Labute approximate surface area is 93.2 Å². The van der Waals surface area contributed by atoms with E-state index in [0.29, 0.717) is 18.4 Å². The molecule has 3 atom stereocenters. The van der Waals surface area contributed by atoms with Gasteiger partial charge >= 0.3 is 0 Å². The van der Waals surface area contributed by atoms with Crippen LogP contribution in [0.1, 0.15) is 51.9 Å². The van der Waals surface area contributed by atoms with Gasteiger partial charge in [-0.2, -0.15) is 0 Å². The number of aliphatic hydroxyl groups is 1. The van der Waals surface area contributed by atoms with Crippen LogP contribution in [-0.2, 0) is 0 Å². The maximum absolute atomic E-state index is 10.7. The number of hydrogen-bond donors (Lipinski definition) is 2. The summed E-state index contributed by atoms with van der Waals surface area (Å²) in [6.45, 7) is 2.74. The molecule has 0 aromatic heterocycles. The Morgan fingerprint density at radius 1 is 1.20 bits per heavy atom. The lowest BCUT2D eigenvalue weighted by Crippen LogP contribution is -2.48. The molecule has 3 unspecified atom stereocenters. The van der Waals surface area contributed by atoms with Gasteiger partial charge < -0.3 is 10.8 Å². The highest BCUT2D eigenvalue weighted by atomic mass is 16.3. The zero-order valence-electron chi connectivity index (χ0n) is 9.91. The molecule has 2 aliphatic rings. The third kappa shape index (κ3) is 2.21. The van der Waals surface area contributed by atoms with Crippen molar-refractivity contribution in [2.45, 2.75) is 57.5 Å². The Bertz CT molecular complexity index is 215. The molecule has 88 valence electrons. The lowest BCUT2D eigenvalue weighted by Gasteiger charge is -2.40. The minimum atomic E-state index is -0.520. The van der Waals surface area contributed by atoms with Crippen molar-refractivity contribution in [3.05, 3.63) is 0 Å². The average Bonchev–Trinajstić information content (AvgIpc) is 3.12. The fraction of sp³-hybridized carbons (Fsp3) is 1.00. The fourth-order valence-corrected chi connectivity index (χ4v) is 3.37. The average molecular weight is 211 g/mol. The van der Waals surface area contributed by atoms with E-state index in [1.165, 1.54) is 44.9 Å². The molecule has 2 heteroatoms. The van der Waals surface area contributed by atoms with E-state index in [2.05, 4.69) is 6.92 Å². The van der Waals surface area contributed by atoms with Crippen molar-refractivity contribution in [2.24, 2.45) is 23.5 Å². The molecule has 2 rings (SSSR count). The lowest BCUT2D eigenvalue weighted by molar-refractivity contribution is -0.0523. The Morgan fingerprint density at radius 2 is 1.93 bits per heavy atom. The van der Waals surface area contributed by atoms with E-state index in [1.54, 1.807) is 0 Å². The summed E-state index contributed by atoms with van der Waals surface area (Å²) < 4.78 is 0. The van der Waals surface area contributed by atoms with E-state index in [0.717, 1.165) is 5.92 Å². The second-order valence-electron chi connectivity index (χ2n) is 5.61. The van der Waals surface area contributed by atoms with Gasteiger partial charge in [0.05, 0.1) is 5.60 Å². The third-order valence-corrected chi connectivity index (χ3v) is 4.68. The highest BCUT2D eigenvalue weighted by Crippen LogP contribution is 2.48. The van der Waals surface area contributed by atoms with Crippen molar-refractivity contribution in [3.63, 3.8) is 0 Å². The van der Waals surface area contributed by atoms with Crippen molar-refractivity contribution < 1.29 is 5.11 Å². The van der Waals surface area contributed by atoms with Crippen LogP contribution in [0, 0.1) is 17.8 Å². The predicted octanol–water partition coefficient (Wildman–Crippen LogP) is 2.30. The minimum absolute atomic E-state index is 0.471. The molecule has 2 aliphatic carbocycles. The highest BCUT2D eigenvalue weighted by molar-refractivity contribution is 5.01. The van der Waals surface area contributed by atoms with Gasteiger partial charge in [-0.15, -0.1) is 0 Å². The first kappa shape index (κ1) is 11.4. The van der Waals surface area contributed by atoms with Crippen LogP contribution < -0.4 is 5.73 Å². The van der Waals surface area contributed by atoms with Gasteiger partial charge in [-0.25, -0.2) is 0 Å². The maximum Gasteiger partial charge on any atom is 0.0825 e. The molecule has 0 radical (unpaired) electrons. The zero-order valence-corrected chi connectivity index (χ0v) is 9.91. The van der Waals surface area contributed by atoms with E-state index >= 15 is 0 Å². The summed E-state index contributed by atoms with van der Waals surface area (Å²) in [6.07, 6.45) is 8.71. The van der Waals surface area contributed by atoms with E-state index in [9.17, 15) is 5.11 Å². The zero-order chi connectivity index (χ0) is 10.9. The summed E-state index contributed by atoms with van der Waals surface area (Å²) in [6, 6.07) is 0. The van der Waals surface area contributed by atoms with Gasteiger partial charge in [0, 0.05) is 6.54 Å². The molecule has 2 nitrogen and oxygen atoms in total. The maximum atomic E-state index is 10.7. The number of rotatable bonds is 4. The summed E-state index contributed by atoms with van der Waals surface area (Å²) in [5.41, 5.74) is 5.30. The lowest BCUT2D eigenvalue weighted by atomic mass is 9.70. The molecule has 0 aromatic rings. The molecule has 0 aliphatic heterocycles. The van der Waals surface area contributed by atoms with Crippen molar-refractivity contribution in [1.29, 1.82) is 0 Å². The summed E-state index contributed by atoms with van der Waals surface area (Å²) in [7, 11) is 0. The van der Waals surface area contributed by atoms with Crippen molar-refractivity contribution in [2.75, 3.05) is 6.54 Å². The minimum Gasteiger partial charge on any atom is -0.388 e. The van der Waals surface area contributed by atoms with Gasteiger partial charge in [0.1, 0.15) is 0 Å². The van der Waals surface area contributed by atoms with Gasteiger partial charge in [-0.1, -0.05) is 26.2 Å². The third-order valence-electron chi connectivity index (χ3n) is 4.68. The molecule has 2 fully saturated rings. The van der Waals surface area contributed by atoms with Gasteiger partial charge in [0.25, 0.3) is 0 Å². The molecule has 0 amide bonds. The fourth-order valence-electron chi connectivity index (χ4n) is 3.37. The molecule has 0 heterocycles. The van der Waals surface area contributed by atoms with Crippen LogP contribution in [-0.4, -0.2) is 17.3 Å². The second-order valence-corrected chi connectivity index (χ2v) is 5.61. The molecule has 0 spiro atoms. The molecule has 3 N–H and O–H groups in total. The Kier molecular flexibility index (Phi) is 3.36. The first-order valence-electron chi connectivity index (χ1n) is 6.63. The summed E-state index contributed by atoms with van der Waals surface area (Å²) >= 11 is 0. The molecule has 0 bridgehead atoms. The van der Waals surface area contributed by atoms with Crippen LogP contribution in [0.5, 0.6) is 0 Å². The van der Waals surface area contributed by atoms with Gasteiger partial charge in [-0.3, -0.25) is 0 Å². The first-order valence-corrected chi connectivity index (χ1v) is 6.63. The quantitative estimate of drug-likeness (QED) is 0.749.